The molecule has 0 saturated carbocycles. The van der Waals surface area contributed by atoms with Gasteiger partial charge in [-0.1, -0.05) is 24.3 Å². The van der Waals surface area contributed by atoms with Crippen LogP contribution in [0.25, 0.3) is 10.9 Å². The maximum atomic E-state index is 12.6. The van der Waals surface area contributed by atoms with Crippen LogP contribution in [0.1, 0.15) is 38.0 Å². The van der Waals surface area contributed by atoms with E-state index < -0.39 is 11.9 Å². The minimum atomic E-state index is -0.531. The van der Waals surface area contributed by atoms with Crippen molar-refractivity contribution in [3.63, 3.8) is 0 Å². The largest absolute Gasteiger partial charge is 0.465 e. The molecule has 7 nitrogen and oxygen atoms in total. The van der Waals surface area contributed by atoms with Crippen molar-refractivity contribution < 1.29 is 19.1 Å². The van der Waals surface area contributed by atoms with Gasteiger partial charge in [-0.2, -0.15) is 0 Å². The molecular weight excluding hydrogens is 358 g/mol. The molecule has 7 heteroatoms. The van der Waals surface area contributed by atoms with Crippen LogP contribution >= 0.6 is 0 Å². The van der Waals surface area contributed by atoms with Gasteiger partial charge in [0.15, 0.2) is 0 Å². The molecule has 0 saturated heterocycles. The van der Waals surface area contributed by atoms with E-state index in [9.17, 15) is 14.4 Å². The summed E-state index contributed by atoms with van der Waals surface area (Å²) in [5.41, 5.74) is 1.55. The summed E-state index contributed by atoms with van der Waals surface area (Å²) < 4.78 is 4.68. The molecule has 2 aromatic carbocycles. The van der Waals surface area contributed by atoms with E-state index in [1.165, 1.54) is 19.2 Å². The Kier molecular flexibility index (Phi) is 5.64. The van der Waals surface area contributed by atoms with Crippen molar-refractivity contribution >= 4 is 34.5 Å². The number of amides is 2. The van der Waals surface area contributed by atoms with Gasteiger partial charge in [0.1, 0.15) is 5.82 Å². The van der Waals surface area contributed by atoms with Gasteiger partial charge in [-0.3, -0.25) is 9.59 Å². The number of ether oxygens (including phenoxy) is 1. The Labute approximate surface area is 161 Å². The van der Waals surface area contributed by atoms with Crippen LogP contribution in [0.4, 0.5) is 5.82 Å². The van der Waals surface area contributed by atoms with Gasteiger partial charge in [0.05, 0.1) is 23.8 Å². The molecule has 3 aromatic rings. The monoisotopic (exact) mass is 377 g/mol. The third-order valence-electron chi connectivity index (χ3n) is 4.09. The van der Waals surface area contributed by atoms with Crippen LogP contribution < -0.4 is 10.6 Å². The van der Waals surface area contributed by atoms with Gasteiger partial charge >= 0.3 is 5.97 Å². The number of hydrogen-bond donors (Lipinski definition) is 2. The van der Waals surface area contributed by atoms with Gasteiger partial charge in [0, 0.05) is 17.5 Å². The normalized spacial score (nSPS) is 10.4. The van der Waals surface area contributed by atoms with E-state index in [0.29, 0.717) is 23.0 Å². The number of fused-ring (bicyclic) bond motifs is 1. The zero-order valence-corrected chi connectivity index (χ0v) is 15.5. The van der Waals surface area contributed by atoms with Crippen molar-refractivity contribution in [2.24, 2.45) is 0 Å². The molecule has 1 aromatic heterocycles. The highest BCUT2D eigenvalue weighted by Crippen LogP contribution is 2.21. The lowest BCUT2D eigenvalue weighted by Gasteiger charge is -2.11. The van der Waals surface area contributed by atoms with Crippen LogP contribution in [-0.2, 0) is 4.74 Å². The van der Waals surface area contributed by atoms with Gasteiger partial charge in [-0.05, 0) is 37.3 Å². The topological polar surface area (TPSA) is 97.4 Å². The molecule has 2 N–H and O–H groups in total. The lowest BCUT2D eigenvalue weighted by atomic mass is 10.1. The third-order valence-corrected chi connectivity index (χ3v) is 4.09. The number of pyridine rings is 1. The van der Waals surface area contributed by atoms with Crippen molar-refractivity contribution in [1.29, 1.82) is 0 Å². The fourth-order valence-electron chi connectivity index (χ4n) is 2.78. The summed E-state index contributed by atoms with van der Waals surface area (Å²) in [6, 6.07) is 14.9. The Morgan fingerprint density at radius 2 is 1.71 bits per heavy atom. The first kappa shape index (κ1) is 19.0. The number of anilines is 1. The number of hydrogen-bond acceptors (Lipinski definition) is 5. The van der Waals surface area contributed by atoms with Crippen LogP contribution in [0.3, 0.4) is 0 Å². The number of aromatic nitrogens is 1. The number of esters is 1. The third kappa shape index (κ3) is 3.98. The van der Waals surface area contributed by atoms with Gasteiger partial charge in [0.2, 0.25) is 0 Å². The van der Waals surface area contributed by atoms with Crippen LogP contribution in [0.2, 0.25) is 0 Å². The number of nitrogens with one attached hydrogen (secondary N) is 2. The smallest absolute Gasteiger partial charge is 0.337 e. The zero-order valence-electron chi connectivity index (χ0n) is 15.5. The summed E-state index contributed by atoms with van der Waals surface area (Å²) >= 11 is 0. The quantitative estimate of drug-likeness (QED) is 0.666. The van der Waals surface area contributed by atoms with Gasteiger partial charge in [-0.15, -0.1) is 0 Å². The fourth-order valence-corrected chi connectivity index (χ4v) is 2.78. The van der Waals surface area contributed by atoms with Crippen molar-refractivity contribution in [2.45, 2.75) is 6.92 Å². The number of carbonyl (C=O) groups excluding carboxylic acids is 3. The lowest BCUT2D eigenvalue weighted by Crippen LogP contribution is -2.23. The summed E-state index contributed by atoms with van der Waals surface area (Å²) in [5, 5.41) is 6.15. The molecule has 0 aliphatic carbocycles. The van der Waals surface area contributed by atoms with Crippen molar-refractivity contribution in [1.82, 2.24) is 10.3 Å². The number of benzene rings is 2. The average molecular weight is 377 g/mol. The zero-order chi connectivity index (χ0) is 20.1. The van der Waals surface area contributed by atoms with E-state index in [2.05, 4.69) is 20.4 Å². The Morgan fingerprint density at radius 3 is 2.46 bits per heavy atom. The molecule has 0 unspecified atom stereocenters. The minimum absolute atomic E-state index is 0.244. The second kappa shape index (κ2) is 8.30. The van der Waals surface area contributed by atoms with Crippen LogP contribution in [0.15, 0.2) is 54.6 Å². The molecular formula is C21H19N3O4. The van der Waals surface area contributed by atoms with Gasteiger partial charge in [0.25, 0.3) is 11.8 Å². The molecule has 0 fully saturated rings. The first-order valence-electron chi connectivity index (χ1n) is 8.71. The Morgan fingerprint density at radius 1 is 0.964 bits per heavy atom. The van der Waals surface area contributed by atoms with Crippen molar-refractivity contribution in [2.75, 3.05) is 19.0 Å². The molecule has 2 amide bonds. The maximum Gasteiger partial charge on any atom is 0.337 e. The molecule has 0 aliphatic heterocycles. The second-order valence-corrected chi connectivity index (χ2v) is 5.96. The molecule has 0 bridgehead atoms. The highest BCUT2D eigenvalue weighted by Gasteiger charge is 2.15. The van der Waals surface area contributed by atoms with Crippen molar-refractivity contribution in [3.05, 3.63) is 71.3 Å². The van der Waals surface area contributed by atoms with Crippen LogP contribution in [0.5, 0.6) is 0 Å². The summed E-state index contributed by atoms with van der Waals surface area (Å²) in [5.74, 6) is -0.981. The summed E-state index contributed by atoms with van der Waals surface area (Å²) in [6.45, 7) is 2.32. The number of carbonyl (C=O) groups is 3. The molecule has 3 rings (SSSR count). The molecule has 0 spiro atoms. The predicted molar refractivity (Wildman–Crippen MR) is 105 cm³/mol. The fraction of sp³-hybridized carbons (Fsp3) is 0.143. The number of methoxy groups -OCH3 is 1. The molecule has 142 valence electrons. The minimum Gasteiger partial charge on any atom is -0.465 e. The lowest BCUT2D eigenvalue weighted by molar-refractivity contribution is 0.0600. The van der Waals surface area contributed by atoms with Gasteiger partial charge in [-0.25, -0.2) is 9.78 Å². The van der Waals surface area contributed by atoms with E-state index in [-0.39, 0.29) is 22.9 Å². The molecule has 0 radical (unpaired) electrons. The Bertz CT molecular complexity index is 1060. The summed E-state index contributed by atoms with van der Waals surface area (Å²) in [4.78, 5) is 41.1. The van der Waals surface area contributed by atoms with E-state index in [0.717, 1.165) is 0 Å². The number of nitrogens with zero attached hydrogens (tertiary/aromatic N) is 1. The first-order chi connectivity index (χ1) is 13.5. The van der Waals surface area contributed by atoms with Crippen LogP contribution in [0, 0.1) is 0 Å². The van der Waals surface area contributed by atoms with Crippen LogP contribution in [-0.4, -0.2) is 36.4 Å². The van der Waals surface area contributed by atoms with E-state index in [1.807, 2.05) is 19.1 Å². The summed E-state index contributed by atoms with van der Waals surface area (Å²) in [7, 11) is 1.27. The summed E-state index contributed by atoms with van der Waals surface area (Å²) in [6.07, 6.45) is 0. The highest BCUT2D eigenvalue weighted by atomic mass is 16.5. The van der Waals surface area contributed by atoms with E-state index in [4.69, 9.17) is 0 Å². The standard InChI is InChI=1S/C21H19N3O4/c1-3-22-20(26)16-12-18(23-17-10-5-4-9-15(16)17)24-19(25)13-7-6-8-14(11-13)21(27)28-2/h4-12H,3H2,1-2H3,(H,22,26)(H,23,24,25). The van der Waals surface area contributed by atoms with E-state index >= 15 is 0 Å². The maximum absolute atomic E-state index is 12.6. The number of rotatable bonds is 5. The van der Waals surface area contributed by atoms with E-state index in [1.54, 1.807) is 30.3 Å². The average Bonchev–Trinajstić information content (AvgIpc) is 2.72. The van der Waals surface area contributed by atoms with Gasteiger partial charge < -0.3 is 15.4 Å². The first-order valence-corrected chi connectivity index (χ1v) is 8.71. The van der Waals surface area contributed by atoms with Crippen molar-refractivity contribution in [3.8, 4) is 0 Å². The Hall–Kier alpha value is -3.74. The Balaban J connectivity index is 1.95. The molecule has 0 atom stereocenters. The molecule has 28 heavy (non-hydrogen) atoms. The number of para-hydroxylation sites is 1. The predicted octanol–water partition coefficient (Wildman–Crippen LogP) is 3.02. The molecule has 1 heterocycles. The highest BCUT2D eigenvalue weighted by molar-refractivity contribution is 6.09. The molecule has 0 aliphatic rings. The second-order valence-electron chi connectivity index (χ2n) is 5.96. The SMILES string of the molecule is CCNC(=O)c1cc(NC(=O)c2cccc(C(=O)OC)c2)nc2ccccc12.